The molecule has 0 atom stereocenters. The van der Waals surface area contributed by atoms with Crippen LogP contribution in [0.15, 0.2) is 22.7 Å². The summed E-state index contributed by atoms with van der Waals surface area (Å²) < 4.78 is 5.43. The minimum absolute atomic E-state index is 0.892. The molecule has 1 aromatic heterocycles. The van der Waals surface area contributed by atoms with Crippen molar-refractivity contribution >= 4 is 16.8 Å². The van der Waals surface area contributed by atoms with E-state index in [4.69, 9.17) is 4.52 Å². The van der Waals surface area contributed by atoms with Crippen LogP contribution in [-0.2, 0) is 0 Å². The Morgan fingerprint density at radius 2 is 2.00 bits per heavy atom. The molecule has 2 heterocycles. The number of fused-ring (bicyclic) bond motifs is 1. The highest BCUT2D eigenvalue weighted by atomic mass is 16.5. The van der Waals surface area contributed by atoms with E-state index in [1.54, 1.807) is 0 Å². The lowest BCUT2D eigenvalue weighted by Gasteiger charge is -2.33. The van der Waals surface area contributed by atoms with Crippen LogP contribution in [0.1, 0.15) is 12.5 Å². The van der Waals surface area contributed by atoms with Gasteiger partial charge >= 0.3 is 0 Å². The predicted octanol–water partition coefficient (Wildman–Crippen LogP) is 2.28. The van der Waals surface area contributed by atoms with Crippen molar-refractivity contribution in [1.82, 2.24) is 10.1 Å². The summed E-state index contributed by atoms with van der Waals surface area (Å²) in [7, 11) is 0. The van der Waals surface area contributed by atoms with Gasteiger partial charge in [-0.3, -0.25) is 0 Å². The zero-order valence-electron chi connectivity index (χ0n) is 11.0. The van der Waals surface area contributed by atoms with Gasteiger partial charge < -0.3 is 14.3 Å². The van der Waals surface area contributed by atoms with Gasteiger partial charge in [-0.05, 0) is 31.2 Å². The van der Waals surface area contributed by atoms with Crippen LogP contribution in [0.5, 0.6) is 0 Å². The number of benzene rings is 1. The number of hydrogen-bond acceptors (Lipinski definition) is 4. The maximum absolute atomic E-state index is 5.43. The van der Waals surface area contributed by atoms with Gasteiger partial charge in [0.2, 0.25) is 0 Å². The number of hydrogen-bond donors (Lipinski definition) is 0. The normalized spacial score (nSPS) is 17.6. The third-order valence-corrected chi connectivity index (χ3v) is 3.73. The Kier molecular flexibility index (Phi) is 2.96. The van der Waals surface area contributed by atoms with E-state index < -0.39 is 0 Å². The van der Waals surface area contributed by atoms with E-state index in [1.165, 1.54) is 5.56 Å². The molecular weight excluding hydrogens is 226 g/mol. The Bertz CT molecular complexity index is 541. The Hall–Kier alpha value is -1.55. The van der Waals surface area contributed by atoms with E-state index in [-0.39, 0.29) is 0 Å². The molecule has 1 saturated heterocycles. The Balaban J connectivity index is 1.87. The van der Waals surface area contributed by atoms with Crippen LogP contribution in [0, 0.1) is 6.92 Å². The lowest BCUT2D eigenvalue weighted by Crippen LogP contribution is -2.46. The second-order valence-corrected chi connectivity index (χ2v) is 4.93. The van der Waals surface area contributed by atoms with Crippen molar-refractivity contribution in [3.8, 4) is 0 Å². The average molecular weight is 245 g/mol. The summed E-state index contributed by atoms with van der Waals surface area (Å²) in [6, 6.07) is 6.28. The highest BCUT2D eigenvalue weighted by Gasteiger charge is 2.20. The smallest absolute Gasteiger partial charge is 0.180 e. The summed E-state index contributed by atoms with van der Waals surface area (Å²) in [5.74, 6) is 1.00. The van der Waals surface area contributed by atoms with Crippen molar-refractivity contribution in [2.24, 2.45) is 0 Å². The van der Waals surface area contributed by atoms with Gasteiger partial charge in [-0.1, -0.05) is 18.1 Å². The van der Waals surface area contributed by atoms with Crippen molar-refractivity contribution in [2.45, 2.75) is 13.8 Å². The maximum atomic E-state index is 5.43. The molecule has 3 rings (SSSR count). The lowest BCUT2D eigenvalue weighted by atomic mass is 10.2. The molecule has 0 spiro atoms. The fourth-order valence-electron chi connectivity index (χ4n) is 2.54. The summed E-state index contributed by atoms with van der Waals surface area (Å²) in [5, 5.41) is 5.37. The van der Waals surface area contributed by atoms with E-state index in [0.717, 1.165) is 49.5 Å². The van der Waals surface area contributed by atoms with Gasteiger partial charge in [0.1, 0.15) is 0 Å². The summed E-state index contributed by atoms with van der Waals surface area (Å²) in [6.07, 6.45) is 0. The van der Waals surface area contributed by atoms with E-state index in [0.29, 0.717) is 0 Å². The monoisotopic (exact) mass is 245 g/mol. The Morgan fingerprint density at radius 1 is 1.22 bits per heavy atom. The first-order valence-electron chi connectivity index (χ1n) is 6.61. The third-order valence-electron chi connectivity index (χ3n) is 3.73. The summed E-state index contributed by atoms with van der Waals surface area (Å²) >= 11 is 0. The molecule has 2 aromatic rings. The summed E-state index contributed by atoms with van der Waals surface area (Å²) in [4.78, 5) is 4.79. The zero-order valence-corrected chi connectivity index (χ0v) is 11.0. The molecule has 1 fully saturated rings. The molecule has 0 N–H and O–H groups in total. The number of piperazine rings is 1. The number of anilines is 1. The molecule has 0 amide bonds. The van der Waals surface area contributed by atoms with Crippen molar-refractivity contribution in [3.05, 3.63) is 23.8 Å². The van der Waals surface area contributed by atoms with Gasteiger partial charge in [0.25, 0.3) is 0 Å². The zero-order chi connectivity index (χ0) is 12.5. The topological polar surface area (TPSA) is 32.5 Å². The predicted molar refractivity (Wildman–Crippen MR) is 73.1 cm³/mol. The molecule has 1 aromatic carbocycles. The quantitative estimate of drug-likeness (QED) is 0.812. The minimum atomic E-state index is 0.892. The molecule has 0 bridgehead atoms. The molecule has 4 heteroatoms. The summed E-state index contributed by atoms with van der Waals surface area (Å²) in [5.41, 5.74) is 2.10. The lowest BCUT2D eigenvalue weighted by molar-refractivity contribution is 0.269. The van der Waals surface area contributed by atoms with E-state index >= 15 is 0 Å². The maximum Gasteiger partial charge on any atom is 0.180 e. The second kappa shape index (κ2) is 4.61. The number of likely N-dealkylation sites (N-methyl/N-ethyl adjacent to an activating group) is 1. The van der Waals surface area contributed by atoms with Gasteiger partial charge in [0, 0.05) is 26.2 Å². The minimum Gasteiger partial charge on any atom is -0.354 e. The number of rotatable bonds is 2. The van der Waals surface area contributed by atoms with Crippen LogP contribution in [0.3, 0.4) is 0 Å². The van der Waals surface area contributed by atoms with Crippen LogP contribution in [0.4, 0.5) is 5.82 Å². The molecule has 4 nitrogen and oxygen atoms in total. The van der Waals surface area contributed by atoms with Crippen LogP contribution >= 0.6 is 0 Å². The first-order valence-corrected chi connectivity index (χ1v) is 6.61. The van der Waals surface area contributed by atoms with Gasteiger partial charge in [0.15, 0.2) is 11.4 Å². The molecule has 0 saturated carbocycles. The van der Waals surface area contributed by atoms with Crippen molar-refractivity contribution in [3.63, 3.8) is 0 Å². The molecule has 0 radical (unpaired) electrons. The average Bonchev–Trinajstić information content (AvgIpc) is 2.81. The van der Waals surface area contributed by atoms with Gasteiger partial charge in [-0.2, -0.15) is 0 Å². The first-order chi connectivity index (χ1) is 8.78. The van der Waals surface area contributed by atoms with Crippen molar-refractivity contribution in [2.75, 3.05) is 37.6 Å². The highest BCUT2D eigenvalue weighted by Crippen LogP contribution is 2.27. The van der Waals surface area contributed by atoms with Crippen molar-refractivity contribution in [1.29, 1.82) is 0 Å². The number of aryl methyl sites for hydroxylation is 1. The van der Waals surface area contributed by atoms with E-state index in [9.17, 15) is 0 Å². The number of nitrogens with zero attached hydrogens (tertiary/aromatic N) is 3. The Labute approximate surface area is 107 Å². The molecule has 0 aliphatic carbocycles. The largest absolute Gasteiger partial charge is 0.354 e. The fraction of sp³-hybridized carbons (Fsp3) is 0.500. The van der Waals surface area contributed by atoms with Crippen molar-refractivity contribution < 1.29 is 4.52 Å². The molecule has 18 heavy (non-hydrogen) atoms. The molecule has 96 valence electrons. The standard InChI is InChI=1S/C14H19N3O/c1-3-16-6-8-17(9-7-16)14-12-5-4-11(2)10-13(12)18-15-14/h4-5,10H,3,6-9H2,1-2H3. The van der Waals surface area contributed by atoms with Crippen LogP contribution < -0.4 is 4.90 Å². The van der Waals surface area contributed by atoms with Crippen LogP contribution in [-0.4, -0.2) is 42.8 Å². The summed E-state index contributed by atoms with van der Waals surface area (Å²) in [6.45, 7) is 9.69. The second-order valence-electron chi connectivity index (χ2n) is 4.93. The molecule has 0 unspecified atom stereocenters. The SMILES string of the molecule is CCN1CCN(c2noc3cc(C)ccc23)CC1. The number of aromatic nitrogens is 1. The van der Waals surface area contributed by atoms with Crippen LogP contribution in [0.2, 0.25) is 0 Å². The fourth-order valence-corrected chi connectivity index (χ4v) is 2.54. The molecule has 1 aliphatic heterocycles. The van der Waals surface area contributed by atoms with Gasteiger partial charge in [-0.25, -0.2) is 0 Å². The first kappa shape index (κ1) is 11.5. The van der Waals surface area contributed by atoms with Gasteiger partial charge in [0.05, 0.1) is 5.39 Å². The Morgan fingerprint density at radius 3 is 2.72 bits per heavy atom. The molecular formula is C14H19N3O. The molecule has 1 aliphatic rings. The van der Waals surface area contributed by atoms with E-state index in [2.05, 4.69) is 40.9 Å². The highest BCUT2D eigenvalue weighted by molar-refractivity contribution is 5.89. The van der Waals surface area contributed by atoms with Gasteiger partial charge in [-0.15, -0.1) is 0 Å². The van der Waals surface area contributed by atoms with E-state index in [1.807, 2.05) is 6.07 Å². The van der Waals surface area contributed by atoms with Crippen LogP contribution in [0.25, 0.3) is 11.0 Å². The third kappa shape index (κ3) is 1.97.